The van der Waals surface area contributed by atoms with E-state index in [0.29, 0.717) is 17.1 Å². The van der Waals surface area contributed by atoms with Gasteiger partial charge in [-0.1, -0.05) is 17.7 Å². The maximum Gasteiger partial charge on any atom is 0.241 e. The number of hydrogen-bond donors (Lipinski definition) is 1. The number of halogens is 1. The Morgan fingerprint density at radius 1 is 1.45 bits per heavy atom. The van der Waals surface area contributed by atoms with Crippen molar-refractivity contribution in [1.82, 2.24) is 9.71 Å². The predicted octanol–water partition coefficient (Wildman–Crippen LogP) is 2.66. The van der Waals surface area contributed by atoms with Crippen LogP contribution in [0.25, 0.3) is 0 Å². The average Bonchev–Trinajstić information content (AvgIpc) is 3.11. The van der Waals surface area contributed by atoms with E-state index < -0.39 is 10.0 Å². The molecule has 8 heteroatoms. The first-order valence-corrected chi connectivity index (χ1v) is 9.63. The van der Waals surface area contributed by atoms with E-state index in [1.54, 1.807) is 42.7 Å². The van der Waals surface area contributed by atoms with Crippen molar-refractivity contribution < 1.29 is 8.42 Å². The summed E-state index contributed by atoms with van der Waals surface area (Å²) in [7, 11) is -3.57. The zero-order valence-corrected chi connectivity index (χ0v) is 14.4. The molecule has 1 atom stereocenters. The number of thiazole rings is 1. The Morgan fingerprint density at radius 3 is 3.00 bits per heavy atom. The van der Waals surface area contributed by atoms with E-state index >= 15 is 0 Å². The molecule has 1 aromatic heterocycles. The SMILES string of the molecule is Cc1c(Cl)cccc1S(=O)(=O)N[C@H]1CCN(c2nccs2)C1. The molecule has 0 radical (unpaired) electrons. The Morgan fingerprint density at radius 2 is 2.27 bits per heavy atom. The van der Waals surface area contributed by atoms with E-state index in [9.17, 15) is 8.42 Å². The van der Waals surface area contributed by atoms with E-state index in [1.807, 2.05) is 5.38 Å². The molecule has 1 aliphatic heterocycles. The first kappa shape index (κ1) is 15.7. The zero-order valence-electron chi connectivity index (χ0n) is 12.0. The molecular formula is C14H16ClN3O2S2. The van der Waals surface area contributed by atoms with Crippen LogP contribution in [0.2, 0.25) is 5.02 Å². The highest BCUT2D eigenvalue weighted by Crippen LogP contribution is 2.25. The maximum absolute atomic E-state index is 12.6. The number of aromatic nitrogens is 1. The molecule has 1 N–H and O–H groups in total. The van der Waals surface area contributed by atoms with E-state index in [2.05, 4.69) is 14.6 Å². The van der Waals surface area contributed by atoms with Gasteiger partial charge in [0.1, 0.15) is 0 Å². The van der Waals surface area contributed by atoms with Crippen LogP contribution in [-0.4, -0.2) is 32.5 Å². The number of nitrogens with one attached hydrogen (secondary N) is 1. The van der Waals surface area contributed by atoms with Gasteiger partial charge in [-0.2, -0.15) is 0 Å². The lowest BCUT2D eigenvalue weighted by Crippen LogP contribution is -2.37. The molecule has 0 spiro atoms. The first-order chi connectivity index (χ1) is 10.5. The van der Waals surface area contributed by atoms with Crippen molar-refractivity contribution in [2.24, 2.45) is 0 Å². The van der Waals surface area contributed by atoms with Gasteiger partial charge in [0.05, 0.1) is 4.90 Å². The normalized spacial score (nSPS) is 18.8. The van der Waals surface area contributed by atoms with Crippen molar-refractivity contribution in [1.29, 1.82) is 0 Å². The first-order valence-electron chi connectivity index (χ1n) is 6.89. The van der Waals surface area contributed by atoms with Gasteiger partial charge in [-0.15, -0.1) is 11.3 Å². The molecule has 0 saturated carbocycles. The van der Waals surface area contributed by atoms with Gasteiger partial charge in [0.15, 0.2) is 5.13 Å². The molecule has 3 rings (SSSR count). The standard InChI is InChI=1S/C14H16ClN3O2S2/c1-10-12(15)3-2-4-13(10)22(19,20)17-11-5-7-18(9-11)14-16-6-8-21-14/h2-4,6,8,11,17H,5,7,9H2,1H3/t11-/m0/s1. The summed E-state index contributed by atoms with van der Waals surface area (Å²) in [6.45, 7) is 3.15. The highest BCUT2D eigenvalue weighted by atomic mass is 35.5. The third kappa shape index (κ3) is 3.12. The topological polar surface area (TPSA) is 62.3 Å². The lowest BCUT2D eigenvalue weighted by atomic mass is 10.2. The Hall–Kier alpha value is -1.15. The van der Waals surface area contributed by atoms with Crippen LogP contribution >= 0.6 is 22.9 Å². The van der Waals surface area contributed by atoms with Crippen LogP contribution in [0.4, 0.5) is 5.13 Å². The predicted molar refractivity (Wildman–Crippen MR) is 89.2 cm³/mol. The van der Waals surface area contributed by atoms with Gasteiger partial charge in [-0.05, 0) is 31.0 Å². The summed E-state index contributed by atoms with van der Waals surface area (Å²) in [5.74, 6) is 0. The van der Waals surface area contributed by atoms with Crippen LogP contribution < -0.4 is 9.62 Å². The fourth-order valence-electron chi connectivity index (χ4n) is 2.56. The molecule has 0 aliphatic carbocycles. The molecule has 118 valence electrons. The fourth-order valence-corrected chi connectivity index (χ4v) is 5.00. The summed E-state index contributed by atoms with van der Waals surface area (Å²) in [6, 6.07) is 4.81. The van der Waals surface area contributed by atoms with Crippen LogP contribution in [0.1, 0.15) is 12.0 Å². The molecule has 1 saturated heterocycles. The maximum atomic E-state index is 12.6. The number of rotatable bonds is 4. The highest BCUT2D eigenvalue weighted by molar-refractivity contribution is 7.89. The number of hydrogen-bond acceptors (Lipinski definition) is 5. The molecule has 0 unspecified atom stereocenters. The van der Waals surface area contributed by atoms with Crippen LogP contribution in [0.15, 0.2) is 34.7 Å². The van der Waals surface area contributed by atoms with Crippen molar-refractivity contribution in [3.05, 3.63) is 40.4 Å². The van der Waals surface area contributed by atoms with Crippen molar-refractivity contribution in [3.8, 4) is 0 Å². The second-order valence-corrected chi connectivity index (χ2v) is 8.19. The van der Waals surface area contributed by atoms with Gasteiger partial charge in [0.2, 0.25) is 10.0 Å². The Labute approximate surface area is 139 Å². The molecule has 0 bridgehead atoms. The third-order valence-corrected chi connectivity index (χ3v) is 6.61. The number of sulfonamides is 1. The quantitative estimate of drug-likeness (QED) is 0.913. The minimum atomic E-state index is -3.57. The lowest BCUT2D eigenvalue weighted by Gasteiger charge is -2.17. The van der Waals surface area contributed by atoms with Gasteiger partial charge in [-0.3, -0.25) is 0 Å². The van der Waals surface area contributed by atoms with Crippen LogP contribution in [0.5, 0.6) is 0 Å². The van der Waals surface area contributed by atoms with Crippen molar-refractivity contribution in [3.63, 3.8) is 0 Å². The summed E-state index contributed by atoms with van der Waals surface area (Å²) in [5, 5.41) is 3.31. The molecule has 22 heavy (non-hydrogen) atoms. The molecular weight excluding hydrogens is 342 g/mol. The number of anilines is 1. The summed E-state index contributed by atoms with van der Waals surface area (Å²) in [5.41, 5.74) is 0.575. The summed E-state index contributed by atoms with van der Waals surface area (Å²) in [4.78, 5) is 6.61. The molecule has 1 aliphatic rings. The molecule has 1 fully saturated rings. The van der Waals surface area contributed by atoms with Crippen molar-refractivity contribution >= 4 is 38.1 Å². The Kier molecular flexibility index (Phi) is 4.40. The fraction of sp³-hybridized carbons (Fsp3) is 0.357. The second-order valence-electron chi connectivity index (χ2n) is 5.23. The molecule has 2 aromatic rings. The number of benzene rings is 1. The summed E-state index contributed by atoms with van der Waals surface area (Å²) in [6.07, 6.45) is 2.52. The van der Waals surface area contributed by atoms with E-state index in [-0.39, 0.29) is 10.9 Å². The Balaban J connectivity index is 1.74. The third-order valence-electron chi connectivity index (χ3n) is 3.71. The number of nitrogens with zero attached hydrogens (tertiary/aromatic N) is 2. The van der Waals surface area contributed by atoms with Gasteiger partial charge in [-0.25, -0.2) is 18.1 Å². The minimum absolute atomic E-state index is 0.118. The summed E-state index contributed by atoms with van der Waals surface area (Å²) < 4.78 is 27.9. The van der Waals surface area contributed by atoms with Crippen LogP contribution in [-0.2, 0) is 10.0 Å². The second kappa shape index (κ2) is 6.16. The summed E-state index contributed by atoms with van der Waals surface area (Å²) >= 11 is 7.58. The minimum Gasteiger partial charge on any atom is -0.346 e. The molecule has 0 amide bonds. The van der Waals surface area contributed by atoms with E-state index in [0.717, 1.165) is 18.1 Å². The monoisotopic (exact) mass is 357 g/mol. The molecule has 5 nitrogen and oxygen atoms in total. The molecule has 2 heterocycles. The smallest absolute Gasteiger partial charge is 0.241 e. The van der Waals surface area contributed by atoms with E-state index in [4.69, 9.17) is 11.6 Å². The van der Waals surface area contributed by atoms with Gasteiger partial charge in [0.25, 0.3) is 0 Å². The highest BCUT2D eigenvalue weighted by Gasteiger charge is 2.29. The average molecular weight is 358 g/mol. The zero-order chi connectivity index (χ0) is 15.7. The largest absolute Gasteiger partial charge is 0.346 e. The molecule has 1 aromatic carbocycles. The van der Waals surface area contributed by atoms with Crippen LogP contribution in [0, 0.1) is 6.92 Å². The van der Waals surface area contributed by atoms with Crippen molar-refractivity contribution in [2.75, 3.05) is 18.0 Å². The lowest BCUT2D eigenvalue weighted by molar-refractivity contribution is 0.561. The van der Waals surface area contributed by atoms with Crippen LogP contribution in [0.3, 0.4) is 0 Å². The van der Waals surface area contributed by atoms with Gasteiger partial charge in [0, 0.05) is 35.7 Å². The van der Waals surface area contributed by atoms with Gasteiger partial charge >= 0.3 is 0 Å². The Bertz CT molecular complexity index is 762. The van der Waals surface area contributed by atoms with E-state index in [1.165, 1.54) is 0 Å². The van der Waals surface area contributed by atoms with Gasteiger partial charge < -0.3 is 4.90 Å². The van der Waals surface area contributed by atoms with Crippen molar-refractivity contribution in [2.45, 2.75) is 24.3 Å².